The third-order valence-corrected chi connectivity index (χ3v) is 4.39. The van der Waals surface area contributed by atoms with Crippen LogP contribution < -0.4 is 5.73 Å². The monoisotopic (exact) mass is 333 g/mol. The van der Waals surface area contributed by atoms with Crippen molar-refractivity contribution in [2.45, 2.75) is 27.3 Å². The van der Waals surface area contributed by atoms with Gasteiger partial charge in [-0.25, -0.2) is 4.98 Å². The molecule has 0 radical (unpaired) electrons. The third kappa shape index (κ3) is 2.65. The van der Waals surface area contributed by atoms with Crippen LogP contribution in [-0.4, -0.2) is 19.7 Å². The van der Waals surface area contributed by atoms with Crippen LogP contribution >= 0.6 is 0 Å². The first kappa shape index (κ1) is 15.4. The van der Waals surface area contributed by atoms with Crippen molar-refractivity contribution in [3.63, 3.8) is 0 Å². The van der Waals surface area contributed by atoms with Gasteiger partial charge in [-0.3, -0.25) is 4.98 Å². The minimum Gasteiger partial charge on any atom is -0.397 e. The Kier molecular flexibility index (Phi) is 3.53. The first-order chi connectivity index (χ1) is 12.0. The number of nitrogen functional groups attached to an aromatic ring is 1. The average molecular weight is 333 g/mol. The number of hydrogen-bond donors (Lipinski definition) is 1. The van der Waals surface area contributed by atoms with Crippen LogP contribution in [0.2, 0.25) is 0 Å². The fraction of sp³-hybridized carbons (Fsp3) is 0.211. The highest BCUT2D eigenvalue weighted by Gasteiger charge is 2.15. The maximum Gasteiger partial charge on any atom is 0.141 e. The highest BCUT2D eigenvalue weighted by Crippen LogP contribution is 2.32. The van der Waals surface area contributed by atoms with Gasteiger partial charge in [0.15, 0.2) is 0 Å². The summed E-state index contributed by atoms with van der Waals surface area (Å²) in [5.74, 6) is 0.784. The van der Waals surface area contributed by atoms with Crippen LogP contribution in [0.4, 0.5) is 5.69 Å². The first-order valence-corrected chi connectivity index (χ1v) is 8.12. The molecule has 0 aliphatic rings. The molecule has 2 N–H and O–H groups in total. The normalized spacial score (nSPS) is 11.3. The zero-order valence-electron chi connectivity index (χ0n) is 14.4. The first-order valence-electron chi connectivity index (χ1n) is 8.12. The second-order valence-electron chi connectivity index (χ2n) is 6.31. The number of imidazole rings is 1. The molecule has 0 aliphatic heterocycles. The Morgan fingerprint density at radius 2 is 1.96 bits per heavy atom. The van der Waals surface area contributed by atoms with Crippen LogP contribution in [0.5, 0.6) is 0 Å². The van der Waals surface area contributed by atoms with E-state index in [9.17, 15) is 0 Å². The molecule has 3 aromatic heterocycles. The van der Waals surface area contributed by atoms with Crippen LogP contribution in [0.3, 0.4) is 0 Å². The molecule has 0 aliphatic carbocycles. The van der Waals surface area contributed by atoms with E-state index in [-0.39, 0.29) is 0 Å². The minimum absolute atomic E-state index is 0.650. The zero-order chi connectivity index (χ0) is 17.6. The fourth-order valence-electron chi connectivity index (χ4n) is 3.26. The molecule has 0 amide bonds. The van der Waals surface area contributed by atoms with Crippen molar-refractivity contribution in [1.82, 2.24) is 19.7 Å². The van der Waals surface area contributed by atoms with Crippen molar-refractivity contribution in [2.75, 3.05) is 5.73 Å². The topological polar surface area (TPSA) is 82.8 Å². The van der Waals surface area contributed by atoms with E-state index >= 15 is 0 Å². The van der Waals surface area contributed by atoms with Gasteiger partial charge in [-0.1, -0.05) is 5.16 Å². The van der Waals surface area contributed by atoms with E-state index in [4.69, 9.17) is 10.3 Å². The van der Waals surface area contributed by atoms with E-state index in [1.807, 2.05) is 45.4 Å². The summed E-state index contributed by atoms with van der Waals surface area (Å²) in [5, 5.41) is 4.04. The number of fused-ring (bicyclic) bond motifs is 1. The van der Waals surface area contributed by atoms with Crippen molar-refractivity contribution in [3.05, 3.63) is 59.5 Å². The Labute approximate surface area is 145 Å². The standard InChI is InChI=1S/C19H19N5O/c1-11-6-14(4-5-21-11)9-24-10-22-19-16(20)7-15(8-17(19)24)18-12(2)23-25-13(18)3/h4-8,10H,9,20H2,1-3H3. The van der Waals surface area contributed by atoms with Crippen LogP contribution in [0.1, 0.15) is 22.7 Å². The number of rotatable bonds is 3. The Bertz CT molecular complexity index is 1060. The summed E-state index contributed by atoms with van der Waals surface area (Å²) in [7, 11) is 0. The van der Waals surface area contributed by atoms with E-state index in [2.05, 4.69) is 31.8 Å². The molecule has 0 bridgehead atoms. The summed E-state index contributed by atoms with van der Waals surface area (Å²) >= 11 is 0. The fourth-order valence-corrected chi connectivity index (χ4v) is 3.26. The van der Waals surface area contributed by atoms with Crippen molar-refractivity contribution < 1.29 is 4.52 Å². The summed E-state index contributed by atoms with van der Waals surface area (Å²) in [6.45, 7) is 6.55. The Hall–Kier alpha value is -3.15. The number of nitrogens with zero attached hydrogens (tertiary/aromatic N) is 4. The molecule has 0 saturated carbocycles. The molecule has 0 unspecified atom stereocenters. The molecule has 1 aromatic carbocycles. The lowest BCUT2D eigenvalue weighted by Gasteiger charge is -2.08. The van der Waals surface area contributed by atoms with Crippen molar-refractivity contribution in [3.8, 4) is 11.1 Å². The van der Waals surface area contributed by atoms with Crippen LogP contribution in [0.15, 0.2) is 41.3 Å². The molecule has 4 aromatic rings. The van der Waals surface area contributed by atoms with E-state index in [0.29, 0.717) is 12.2 Å². The molecule has 6 heteroatoms. The molecule has 126 valence electrons. The third-order valence-electron chi connectivity index (χ3n) is 4.39. The lowest BCUT2D eigenvalue weighted by Crippen LogP contribution is -1.99. The molecular formula is C19H19N5O. The number of aromatic nitrogens is 4. The van der Waals surface area contributed by atoms with Crippen LogP contribution in [-0.2, 0) is 6.54 Å². The lowest BCUT2D eigenvalue weighted by molar-refractivity contribution is 0.393. The Balaban J connectivity index is 1.84. The van der Waals surface area contributed by atoms with Gasteiger partial charge in [0.1, 0.15) is 11.3 Å². The molecule has 0 fully saturated rings. The van der Waals surface area contributed by atoms with Gasteiger partial charge in [0.2, 0.25) is 0 Å². The Morgan fingerprint density at radius 1 is 1.12 bits per heavy atom. The smallest absolute Gasteiger partial charge is 0.141 e. The SMILES string of the molecule is Cc1cc(Cn2cnc3c(N)cc(-c4c(C)noc4C)cc32)ccn1. The molecule has 0 atom stereocenters. The largest absolute Gasteiger partial charge is 0.397 e. The van der Waals surface area contributed by atoms with Crippen LogP contribution in [0, 0.1) is 20.8 Å². The quantitative estimate of drug-likeness (QED) is 0.579. The molecular weight excluding hydrogens is 314 g/mol. The molecule has 6 nitrogen and oxygen atoms in total. The number of hydrogen-bond acceptors (Lipinski definition) is 5. The molecule has 3 heterocycles. The summed E-state index contributed by atoms with van der Waals surface area (Å²) in [6.07, 6.45) is 3.65. The molecule has 0 saturated heterocycles. The highest BCUT2D eigenvalue weighted by atomic mass is 16.5. The average Bonchev–Trinajstić information content (AvgIpc) is 3.11. The van der Waals surface area contributed by atoms with Gasteiger partial charge >= 0.3 is 0 Å². The van der Waals surface area contributed by atoms with E-state index in [1.165, 1.54) is 5.56 Å². The zero-order valence-corrected chi connectivity index (χ0v) is 14.4. The molecule has 0 spiro atoms. The number of nitrogens with two attached hydrogens (primary N) is 1. The van der Waals surface area contributed by atoms with E-state index < -0.39 is 0 Å². The number of pyridine rings is 1. The summed E-state index contributed by atoms with van der Waals surface area (Å²) in [5.41, 5.74) is 13.7. The summed E-state index contributed by atoms with van der Waals surface area (Å²) in [4.78, 5) is 8.74. The predicted molar refractivity (Wildman–Crippen MR) is 97.2 cm³/mol. The van der Waals surface area contributed by atoms with Gasteiger partial charge in [0.05, 0.1) is 23.2 Å². The number of benzene rings is 1. The molecule has 4 rings (SSSR count). The van der Waals surface area contributed by atoms with E-state index in [0.717, 1.165) is 39.3 Å². The highest BCUT2D eigenvalue weighted by molar-refractivity contribution is 5.92. The van der Waals surface area contributed by atoms with Gasteiger partial charge in [-0.2, -0.15) is 0 Å². The second-order valence-corrected chi connectivity index (χ2v) is 6.31. The summed E-state index contributed by atoms with van der Waals surface area (Å²) in [6, 6.07) is 8.12. The van der Waals surface area contributed by atoms with Crippen LogP contribution in [0.25, 0.3) is 22.2 Å². The van der Waals surface area contributed by atoms with Gasteiger partial charge < -0.3 is 14.8 Å². The predicted octanol–water partition coefficient (Wildman–Crippen LogP) is 3.64. The van der Waals surface area contributed by atoms with E-state index in [1.54, 1.807) is 0 Å². The maximum atomic E-state index is 6.26. The minimum atomic E-state index is 0.650. The van der Waals surface area contributed by atoms with Gasteiger partial charge in [0, 0.05) is 24.0 Å². The number of anilines is 1. The van der Waals surface area contributed by atoms with Crippen molar-refractivity contribution in [1.29, 1.82) is 0 Å². The second kappa shape index (κ2) is 5.73. The van der Waals surface area contributed by atoms with Gasteiger partial charge in [-0.05, 0) is 56.2 Å². The van der Waals surface area contributed by atoms with Crippen molar-refractivity contribution >= 4 is 16.7 Å². The summed E-state index contributed by atoms with van der Waals surface area (Å²) < 4.78 is 7.40. The lowest BCUT2D eigenvalue weighted by atomic mass is 10.0. The number of aryl methyl sites for hydroxylation is 3. The maximum absolute atomic E-state index is 6.26. The molecule has 25 heavy (non-hydrogen) atoms. The van der Waals surface area contributed by atoms with Crippen molar-refractivity contribution in [2.24, 2.45) is 0 Å². The Morgan fingerprint density at radius 3 is 2.68 bits per heavy atom. The van der Waals surface area contributed by atoms with Gasteiger partial charge in [0.25, 0.3) is 0 Å². The van der Waals surface area contributed by atoms with Gasteiger partial charge in [-0.15, -0.1) is 0 Å².